The van der Waals surface area contributed by atoms with Crippen molar-refractivity contribution < 1.29 is 9.72 Å². The van der Waals surface area contributed by atoms with E-state index in [9.17, 15) is 14.9 Å². The molecule has 102 valence electrons. The Kier molecular flexibility index (Phi) is 4.15. The van der Waals surface area contributed by atoms with E-state index in [-0.39, 0.29) is 28.5 Å². The second-order valence-corrected chi connectivity index (χ2v) is 4.98. The van der Waals surface area contributed by atoms with Crippen LogP contribution < -0.4 is 0 Å². The van der Waals surface area contributed by atoms with E-state index in [1.807, 2.05) is 31.2 Å². The maximum atomic E-state index is 12.2. The molecule has 0 N–H and O–H groups in total. The van der Waals surface area contributed by atoms with E-state index >= 15 is 0 Å². The van der Waals surface area contributed by atoms with Gasteiger partial charge in [-0.25, -0.2) is 0 Å². The Balaban J connectivity index is 2.27. The van der Waals surface area contributed by atoms with Crippen LogP contribution in [0.4, 0.5) is 5.69 Å². The fourth-order valence-electron chi connectivity index (χ4n) is 1.95. The Morgan fingerprint density at radius 3 is 2.65 bits per heavy atom. The van der Waals surface area contributed by atoms with Gasteiger partial charge in [-0.3, -0.25) is 14.9 Å². The molecule has 0 spiro atoms. The number of aryl methyl sites for hydroxylation is 1. The summed E-state index contributed by atoms with van der Waals surface area (Å²) in [5.41, 5.74) is 2.01. The Morgan fingerprint density at radius 2 is 2.00 bits per heavy atom. The van der Waals surface area contributed by atoms with Crippen LogP contribution in [0.25, 0.3) is 0 Å². The number of benzene rings is 2. The maximum Gasteiger partial charge on any atom is 0.271 e. The summed E-state index contributed by atoms with van der Waals surface area (Å²) in [6.45, 7) is 1.94. The lowest BCUT2D eigenvalue weighted by molar-refractivity contribution is -0.384. The van der Waals surface area contributed by atoms with E-state index in [0.717, 1.165) is 11.1 Å². The third-order valence-electron chi connectivity index (χ3n) is 2.86. The van der Waals surface area contributed by atoms with E-state index in [1.165, 1.54) is 18.2 Å². The zero-order valence-electron chi connectivity index (χ0n) is 10.8. The molecule has 5 heteroatoms. The minimum absolute atomic E-state index is 0.176. The fraction of sp³-hybridized carbons (Fsp3) is 0.133. The van der Waals surface area contributed by atoms with Crippen LogP contribution in [0.5, 0.6) is 0 Å². The van der Waals surface area contributed by atoms with Crippen molar-refractivity contribution in [1.29, 1.82) is 0 Å². The normalized spacial score (nSPS) is 10.3. The highest BCUT2D eigenvalue weighted by molar-refractivity contribution is 6.31. The molecule has 0 radical (unpaired) electrons. The quantitative estimate of drug-likeness (QED) is 0.486. The van der Waals surface area contributed by atoms with Crippen LogP contribution in [-0.4, -0.2) is 10.7 Å². The maximum absolute atomic E-state index is 12.2. The lowest BCUT2D eigenvalue weighted by atomic mass is 10.0. The van der Waals surface area contributed by atoms with Crippen LogP contribution in [0, 0.1) is 17.0 Å². The van der Waals surface area contributed by atoms with Gasteiger partial charge in [-0.15, -0.1) is 0 Å². The van der Waals surface area contributed by atoms with Gasteiger partial charge >= 0.3 is 0 Å². The Hall–Kier alpha value is -2.20. The summed E-state index contributed by atoms with van der Waals surface area (Å²) in [7, 11) is 0. The van der Waals surface area contributed by atoms with E-state index in [2.05, 4.69) is 0 Å². The largest absolute Gasteiger partial charge is 0.294 e. The number of nitrogens with zero attached hydrogens (tertiary/aromatic N) is 1. The first-order valence-electron chi connectivity index (χ1n) is 5.99. The molecule has 0 aliphatic rings. The third-order valence-corrected chi connectivity index (χ3v) is 3.08. The summed E-state index contributed by atoms with van der Waals surface area (Å²) >= 11 is 5.81. The van der Waals surface area contributed by atoms with Gasteiger partial charge in [0, 0.05) is 29.1 Å². The van der Waals surface area contributed by atoms with Crippen LogP contribution >= 0.6 is 11.6 Å². The molecule has 0 amide bonds. The molecule has 0 fully saturated rings. The summed E-state index contributed by atoms with van der Waals surface area (Å²) in [5, 5.41) is 11.0. The average Bonchev–Trinajstić information content (AvgIpc) is 2.37. The third kappa shape index (κ3) is 3.42. The van der Waals surface area contributed by atoms with Crippen molar-refractivity contribution in [3.05, 3.63) is 74.3 Å². The summed E-state index contributed by atoms with van der Waals surface area (Å²) in [5.74, 6) is -0.193. The van der Waals surface area contributed by atoms with Crippen molar-refractivity contribution in [2.24, 2.45) is 0 Å². The van der Waals surface area contributed by atoms with Gasteiger partial charge in [0.25, 0.3) is 5.69 Å². The molecule has 2 rings (SSSR count). The lowest BCUT2D eigenvalue weighted by Crippen LogP contribution is -2.04. The van der Waals surface area contributed by atoms with Crippen molar-refractivity contribution in [1.82, 2.24) is 0 Å². The SMILES string of the molecule is Cc1cccc(CC(=O)c2cc(Cl)cc([N+](=O)[O-])c2)c1. The molecule has 20 heavy (non-hydrogen) atoms. The fourth-order valence-corrected chi connectivity index (χ4v) is 2.18. The number of nitro benzene ring substituents is 1. The second kappa shape index (κ2) is 5.84. The van der Waals surface area contributed by atoms with Crippen molar-refractivity contribution >= 4 is 23.1 Å². The first-order valence-corrected chi connectivity index (χ1v) is 6.37. The van der Waals surface area contributed by atoms with Crippen LogP contribution in [0.3, 0.4) is 0 Å². The van der Waals surface area contributed by atoms with Crippen molar-refractivity contribution in [2.45, 2.75) is 13.3 Å². The molecule has 0 saturated carbocycles. The highest BCUT2D eigenvalue weighted by atomic mass is 35.5. The molecule has 0 heterocycles. The summed E-state index contributed by atoms with van der Waals surface area (Å²) in [6.07, 6.45) is 0.194. The van der Waals surface area contributed by atoms with Crippen molar-refractivity contribution in [3.63, 3.8) is 0 Å². The smallest absolute Gasteiger partial charge is 0.271 e. The van der Waals surface area contributed by atoms with E-state index in [1.54, 1.807) is 0 Å². The molecule has 0 aliphatic carbocycles. The lowest BCUT2D eigenvalue weighted by Gasteiger charge is -2.03. The summed E-state index contributed by atoms with van der Waals surface area (Å²) < 4.78 is 0. The monoisotopic (exact) mass is 289 g/mol. The number of nitro groups is 1. The second-order valence-electron chi connectivity index (χ2n) is 4.54. The van der Waals surface area contributed by atoms with Gasteiger partial charge in [0.1, 0.15) is 0 Å². The molecule has 4 nitrogen and oxygen atoms in total. The van der Waals surface area contributed by atoms with Gasteiger partial charge < -0.3 is 0 Å². The Morgan fingerprint density at radius 1 is 1.25 bits per heavy atom. The molecule has 0 aliphatic heterocycles. The topological polar surface area (TPSA) is 60.2 Å². The molecular weight excluding hydrogens is 278 g/mol. The molecule has 2 aromatic rings. The minimum atomic E-state index is -0.560. The van der Waals surface area contributed by atoms with Gasteiger partial charge in [-0.2, -0.15) is 0 Å². The molecule has 0 saturated heterocycles. The minimum Gasteiger partial charge on any atom is -0.294 e. The number of ketones is 1. The van der Waals surface area contributed by atoms with E-state index in [0.29, 0.717) is 0 Å². The number of hydrogen-bond acceptors (Lipinski definition) is 3. The Bertz CT molecular complexity index is 683. The van der Waals surface area contributed by atoms with Gasteiger partial charge in [0.15, 0.2) is 5.78 Å². The predicted molar refractivity (Wildman–Crippen MR) is 77.3 cm³/mol. The number of non-ortho nitro benzene ring substituents is 1. The van der Waals surface area contributed by atoms with Gasteiger partial charge in [0.2, 0.25) is 0 Å². The number of carbonyl (C=O) groups excluding carboxylic acids is 1. The highest BCUT2D eigenvalue weighted by Gasteiger charge is 2.14. The average molecular weight is 290 g/mol. The van der Waals surface area contributed by atoms with Gasteiger partial charge in [0.05, 0.1) is 4.92 Å². The summed E-state index contributed by atoms with van der Waals surface area (Å²) in [4.78, 5) is 22.4. The zero-order chi connectivity index (χ0) is 14.7. The van der Waals surface area contributed by atoms with Crippen LogP contribution in [0.2, 0.25) is 5.02 Å². The molecule has 0 aromatic heterocycles. The van der Waals surface area contributed by atoms with Crippen LogP contribution in [-0.2, 0) is 6.42 Å². The van der Waals surface area contributed by atoms with Gasteiger partial charge in [-0.05, 0) is 18.6 Å². The number of Topliss-reactive ketones (excluding diaryl/α,β-unsaturated/α-hetero) is 1. The molecule has 0 atom stereocenters. The first kappa shape index (κ1) is 14.2. The van der Waals surface area contributed by atoms with Crippen molar-refractivity contribution in [3.8, 4) is 0 Å². The first-order chi connectivity index (χ1) is 9.45. The molecule has 0 unspecified atom stereocenters. The van der Waals surface area contributed by atoms with Crippen molar-refractivity contribution in [2.75, 3.05) is 0 Å². The standard InChI is InChI=1S/C15H12ClNO3/c1-10-3-2-4-11(5-10)6-15(18)12-7-13(16)9-14(8-12)17(19)20/h2-5,7-9H,6H2,1H3. The Labute approximate surface area is 121 Å². The molecule has 0 bridgehead atoms. The van der Waals surface area contributed by atoms with Crippen LogP contribution in [0.15, 0.2) is 42.5 Å². The van der Waals surface area contributed by atoms with E-state index in [4.69, 9.17) is 11.6 Å². The van der Waals surface area contributed by atoms with Gasteiger partial charge in [-0.1, -0.05) is 41.4 Å². The number of carbonyl (C=O) groups is 1. The number of hydrogen-bond donors (Lipinski definition) is 0. The summed E-state index contributed by atoms with van der Waals surface area (Å²) in [6, 6.07) is 11.5. The number of rotatable bonds is 4. The zero-order valence-corrected chi connectivity index (χ0v) is 11.6. The highest BCUT2D eigenvalue weighted by Crippen LogP contribution is 2.22. The van der Waals surface area contributed by atoms with Crippen LogP contribution in [0.1, 0.15) is 21.5 Å². The molecule has 2 aromatic carbocycles. The predicted octanol–water partition coefficient (Wildman–Crippen LogP) is 3.98. The van der Waals surface area contributed by atoms with E-state index < -0.39 is 4.92 Å². The molecular formula is C15H12ClNO3. The number of halogens is 1.